The van der Waals surface area contributed by atoms with E-state index in [4.69, 9.17) is 10.5 Å². The summed E-state index contributed by atoms with van der Waals surface area (Å²) >= 11 is 0. The lowest BCUT2D eigenvalue weighted by Crippen LogP contribution is -2.33. The molecule has 7 nitrogen and oxygen atoms in total. The normalized spacial score (nSPS) is 19.0. The van der Waals surface area contributed by atoms with Crippen molar-refractivity contribution >= 4 is 11.7 Å². The highest BCUT2D eigenvalue weighted by atomic mass is 16.5. The second kappa shape index (κ2) is 6.51. The number of rotatable bonds is 6. The van der Waals surface area contributed by atoms with Crippen LogP contribution in [-0.2, 0) is 4.79 Å². The van der Waals surface area contributed by atoms with Crippen LogP contribution >= 0.6 is 0 Å². The summed E-state index contributed by atoms with van der Waals surface area (Å²) in [6.45, 7) is 4.69. The molecule has 1 aliphatic rings. The van der Waals surface area contributed by atoms with E-state index in [-0.39, 0.29) is 18.6 Å². The Bertz CT molecular complexity index is 468. The van der Waals surface area contributed by atoms with Crippen LogP contribution in [0.1, 0.15) is 13.3 Å². The molecule has 1 fully saturated rings. The predicted molar refractivity (Wildman–Crippen MR) is 75.6 cm³/mol. The Morgan fingerprint density at radius 1 is 1.65 bits per heavy atom. The lowest BCUT2D eigenvalue weighted by Gasteiger charge is -2.17. The van der Waals surface area contributed by atoms with Crippen molar-refractivity contribution in [1.82, 2.24) is 14.9 Å². The van der Waals surface area contributed by atoms with Gasteiger partial charge in [0.2, 0.25) is 5.91 Å². The standard InChI is InChI=1S/C13H21N5O2/c1-3-17(2)12-4-6-15-13(16-12)20-10-5-7-18(8-10)9-11(14)19/h4,6,10H,3,5,7-9H2,1-2H3,(H2,14,19). The largest absolute Gasteiger partial charge is 0.459 e. The van der Waals surface area contributed by atoms with E-state index in [0.29, 0.717) is 12.6 Å². The molecule has 0 aromatic carbocycles. The van der Waals surface area contributed by atoms with Crippen molar-refractivity contribution in [2.75, 3.05) is 38.1 Å². The minimum absolute atomic E-state index is 0.0107. The highest BCUT2D eigenvalue weighted by Gasteiger charge is 2.25. The number of anilines is 1. The van der Waals surface area contributed by atoms with Gasteiger partial charge in [-0.15, -0.1) is 0 Å². The molecule has 0 spiro atoms. The first kappa shape index (κ1) is 14.5. The molecule has 2 heterocycles. The molecule has 1 saturated heterocycles. The summed E-state index contributed by atoms with van der Waals surface area (Å²) in [5.74, 6) is 0.526. The third-order valence-corrected chi connectivity index (χ3v) is 3.36. The van der Waals surface area contributed by atoms with Crippen LogP contribution in [-0.4, -0.2) is 60.1 Å². The van der Waals surface area contributed by atoms with Gasteiger partial charge in [0, 0.05) is 32.9 Å². The zero-order valence-electron chi connectivity index (χ0n) is 12.0. The van der Waals surface area contributed by atoms with Gasteiger partial charge in [-0.2, -0.15) is 4.98 Å². The van der Waals surface area contributed by atoms with Gasteiger partial charge >= 0.3 is 6.01 Å². The van der Waals surface area contributed by atoms with Crippen molar-refractivity contribution in [3.63, 3.8) is 0 Å². The van der Waals surface area contributed by atoms with Crippen LogP contribution in [0.15, 0.2) is 12.3 Å². The van der Waals surface area contributed by atoms with E-state index < -0.39 is 0 Å². The average molecular weight is 279 g/mol. The van der Waals surface area contributed by atoms with Crippen LogP contribution in [0.25, 0.3) is 0 Å². The van der Waals surface area contributed by atoms with Crippen molar-refractivity contribution in [3.8, 4) is 6.01 Å². The number of nitrogens with zero attached hydrogens (tertiary/aromatic N) is 4. The van der Waals surface area contributed by atoms with Crippen LogP contribution in [0.3, 0.4) is 0 Å². The molecule has 2 N–H and O–H groups in total. The van der Waals surface area contributed by atoms with Gasteiger partial charge < -0.3 is 15.4 Å². The Labute approximate surface area is 118 Å². The highest BCUT2D eigenvalue weighted by molar-refractivity contribution is 5.75. The lowest BCUT2D eigenvalue weighted by molar-refractivity contribution is -0.118. The fourth-order valence-electron chi connectivity index (χ4n) is 2.17. The van der Waals surface area contributed by atoms with Crippen molar-refractivity contribution in [2.24, 2.45) is 5.73 Å². The molecule has 1 aromatic rings. The number of aromatic nitrogens is 2. The average Bonchev–Trinajstić information content (AvgIpc) is 2.84. The van der Waals surface area contributed by atoms with E-state index in [0.717, 1.165) is 25.3 Å². The monoisotopic (exact) mass is 279 g/mol. The summed E-state index contributed by atoms with van der Waals surface area (Å²) in [7, 11) is 1.97. The Hall–Kier alpha value is -1.89. The lowest BCUT2D eigenvalue weighted by atomic mass is 10.3. The fraction of sp³-hybridized carbons (Fsp3) is 0.615. The van der Waals surface area contributed by atoms with Gasteiger partial charge in [-0.3, -0.25) is 9.69 Å². The number of hydrogen-bond donors (Lipinski definition) is 1. The number of carbonyl (C=O) groups is 1. The smallest absolute Gasteiger partial charge is 0.318 e. The molecule has 0 radical (unpaired) electrons. The minimum atomic E-state index is -0.312. The first-order valence-corrected chi connectivity index (χ1v) is 6.80. The highest BCUT2D eigenvalue weighted by Crippen LogP contribution is 2.17. The number of hydrogen-bond acceptors (Lipinski definition) is 6. The summed E-state index contributed by atoms with van der Waals surface area (Å²) in [5, 5.41) is 0. The van der Waals surface area contributed by atoms with E-state index >= 15 is 0 Å². The first-order chi connectivity index (χ1) is 9.58. The molecule has 0 saturated carbocycles. The minimum Gasteiger partial charge on any atom is -0.459 e. The summed E-state index contributed by atoms with van der Waals surface area (Å²) in [5.41, 5.74) is 5.19. The predicted octanol–water partition coefficient (Wildman–Crippen LogP) is -0.129. The van der Waals surface area contributed by atoms with E-state index in [2.05, 4.69) is 16.9 Å². The van der Waals surface area contributed by atoms with E-state index in [1.165, 1.54) is 0 Å². The fourth-order valence-corrected chi connectivity index (χ4v) is 2.17. The maximum absolute atomic E-state index is 10.9. The molecule has 0 bridgehead atoms. The van der Waals surface area contributed by atoms with Gasteiger partial charge in [-0.1, -0.05) is 0 Å². The van der Waals surface area contributed by atoms with Gasteiger partial charge in [0.25, 0.3) is 0 Å². The van der Waals surface area contributed by atoms with E-state index in [1.54, 1.807) is 6.20 Å². The molecule has 1 amide bonds. The van der Waals surface area contributed by atoms with E-state index in [1.807, 2.05) is 22.9 Å². The summed E-state index contributed by atoms with van der Waals surface area (Å²) < 4.78 is 5.78. The summed E-state index contributed by atoms with van der Waals surface area (Å²) in [4.78, 5) is 23.4. The van der Waals surface area contributed by atoms with Gasteiger partial charge in [0.15, 0.2) is 0 Å². The molecule has 1 atom stereocenters. The molecule has 1 aliphatic heterocycles. The SMILES string of the molecule is CCN(C)c1ccnc(OC2CCN(CC(N)=O)C2)n1. The number of likely N-dealkylation sites (tertiary alicyclic amines) is 1. The maximum Gasteiger partial charge on any atom is 0.318 e. The number of carbonyl (C=O) groups excluding carboxylic acids is 1. The zero-order chi connectivity index (χ0) is 14.5. The Kier molecular flexibility index (Phi) is 4.73. The molecule has 2 rings (SSSR count). The van der Waals surface area contributed by atoms with Gasteiger partial charge in [-0.25, -0.2) is 4.98 Å². The number of amides is 1. The topological polar surface area (TPSA) is 84.6 Å². The van der Waals surface area contributed by atoms with Crippen molar-refractivity contribution < 1.29 is 9.53 Å². The summed E-state index contributed by atoms with van der Waals surface area (Å²) in [6, 6.07) is 2.23. The van der Waals surface area contributed by atoms with Crippen LogP contribution in [0, 0.1) is 0 Å². The molecular weight excluding hydrogens is 258 g/mol. The van der Waals surface area contributed by atoms with Crippen LogP contribution in [0.2, 0.25) is 0 Å². The van der Waals surface area contributed by atoms with Gasteiger partial charge in [0.05, 0.1) is 6.54 Å². The van der Waals surface area contributed by atoms with Gasteiger partial charge in [0.1, 0.15) is 11.9 Å². The first-order valence-electron chi connectivity index (χ1n) is 6.80. The van der Waals surface area contributed by atoms with Crippen LogP contribution in [0.4, 0.5) is 5.82 Å². The quantitative estimate of drug-likeness (QED) is 0.781. The second-order valence-corrected chi connectivity index (χ2v) is 4.94. The Balaban J connectivity index is 1.92. The number of nitrogens with two attached hydrogens (primary N) is 1. The maximum atomic E-state index is 10.9. The summed E-state index contributed by atoms with van der Waals surface area (Å²) in [6.07, 6.45) is 2.56. The molecule has 110 valence electrons. The van der Waals surface area contributed by atoms with Gasteiger partial charge in [-0.05, 0) is 19.4 Å². The Morgan fingerprint density at radius 2 is 2.45 bits per heavy atom. The Morgan fingerprint density at radius 3 is 3.15 bits per heavy atom. The van der Waals surface area contributed by atoms with Crippen molar-refractivity contribution in [2.45, 2.75) is 19.4 Å². The third-order valence-electron chi connectivity index (χ3n) is 3.36. The van der Waals surface area contributed by atoms with E-state index in [9.17, 15) is 4.79 Å². The molecule has 7 heteroatoms. The number of primary amides is 1. The molecule has 20 heavy (non-hydrogen) atoms. The van der Waals surface area contributed by atoms with Crippen molar-refractivity contribution in [1.29, 1.82) is 0 Å². The van der Waals surface area contributed by atoms with Crippen LogP contribution in [0.5, 0.6) is 6.01 Å². The van der Waals surface area contributed by atoms with Crippen LogP contribution < -0.4 is 15.4 Å². The molecule has 1 unspecified atom stereocenters. The van der Waals surface area contributed by atoms with Crippen molar-refractivity contribution in [3.05, 3.63) is 12.3 Å². The second-order valence-electron chi connectivity index (χ2n) is 4.94. The number of ether oxygens (including phenoxy) is 1. The molecule has 0 aliphatic carbocycles. The molecular formula is C13H21N5O2. The molecule has 1 aromatic heterocycles. The third kappa shape index (κ3) is 3.80. The zero-order valence-corrected chi connectivity index (χ0v) is 12.0.